The van der Waals surface area contributed by atoms with Crippen LogP contribution in [0.3, 0.4) is 0 Å². The van der Waals surface area contributed by atoms with Crippen molar-refractivity contribution in [3.63, 3.8) is 0 Å². The lowest BCUT2D eigenvalue weighted by atomic mass is 10.2. The van der Waals surface area contributed by atoms with Crippen LogP contribution in [0.5, 0.6) is 0 Å². The molecule has 12 heavy (non-hydrogen) atoms. The third kappa shape index (κ3) is 2.71. The Balaban J connectivity index is 2.34. The maximum absolute atomic E-state index is 11.8. The van der Waals surface area contributed by atoms with Gasteiger partial charge in [-0.3, -0.25) is 4.99 Å². The monoisotopic (exact) mass is 178 g/mol. The fourth-order valence-electron chi connectivity index (χ4n) is 0.934. The minimum absolute atomic E-state index is 0.609. The average molecular weight is 178 g/mol. The molecule has 0 aromatic heterocycles. The van der Waals surface area contributed by atoms with E-state index in [2.05, 4.69) is 11.3 Å². The SMILES string of the molecule is CCN1[C]=NC(CC(F)(F)F)[CH]1. The van der Waals surface area contributed by atoms with E-state index in [9.17, 15) is 13.2 Å². The maximum atomic E-state index is 11.8. The first-order valence-corrected chi connectivity index (χ1v) is 3.65. The van der Waals surface area contributed by atoms with E-state index in [1.54, 1.807) is 0 Å². The summed E-state index contributed by atoms with van der Waals surface area (Å²) in [5, 5.41) is 0. The normalized spacial score (nSPS) is 23.7. The van der Waals surface area contributed by atoms with Gasteiger partial charge >= 0.3 is 6.18 Å². The second kappa shape index (κ2) is 3.33. The molecule has 1 heterocycles. The summed E-state index contributed by atoms with van der Waals surface area (Å²) in [6.45, 7) is 3.88. The molecule has 0 amide bonds. The number of likely N-dealkylation sites (N-methyl/N-ethyl adjacent to an activating group) is 1. The summed E-state index contributed by atoms with van der Waals surface area (Å²) in [4.78, 5) is 5.10. The van der Waals surface area contributed by atoms with Crippen LogP contribution in [0.1, 0.15) is 13.3 Å². The second-order valence-corrected chi connectivity index (χ2v) is 2.55. The predicted molar refractivity (Wildman–Crippen MR) is 38.6 cm³/mol. The van der Waals surface area contributed by atoms with Gasteiger partial charge in [0.05, 0.1) is 19.0 Å². The molecule has 1 rings (SSSR count). The number of aliphatic imine (C=N–C) groups is 1. The Morgan fingerprint density at radius 3 is 2.67 bits per heavy atom. The Hall–Kier alpha value is -0.740. The molecule has 1 aliphatic heterocycles. The van der Waals surface area contributed by atoms with Crippen molar-refractivity contribution in [1.82, 2.24) is 4.90 Å². The Bertz CT molecular complexity index is 176. The van der Waals surface area contributed by atoms with Gasteiger partial charge in [0, 0.05) is 6.54 Å². The Morgan fingerprint density at radius 2 is 2.25 bits per heavy atom. The van der Waals surface area contributed by atoms with E-state index >= 15 is 0 Å². The van der Waals surface area contributed by atoms with Crippen LogP contribution in [0, 0.1) is 6.54 Å². The van der Waals surface area contributed by atoms with E-state index in [1.807, 2.05) is 6.92 Å². The highest BCUT2D eigenvalue weighted by Crippen LogP contribution is 2.26. The fourth-order valence-corrected chi connectivity index (χ4v) is 0.934. The molecule has 1 aliphatic rings. The molecule has 1 atom stereocenters. The lowest BCUT2D eigenvalue weighted by molar-refractivity contribution is -0.136. The summed E-state index contributed by atoms with van der Waals surface area (Å²) >= 11 is 0. The highest BCUT2D eigenvalue weighted by Gasteiger charge is 2.34. The van der Waals surface area contributed by atoms with Crippen molar-refractivity contribution in [2.75, 3.05) is 6.54 Å². The van der Waals surface area contributed by atoms with Crippen molar-refractivity contribution in [1.29, 1.82) is 0 Å². The van der Waals surface area contributed by atoms with Gasteiger partial charge in [-0.05, 0) is 6.92 Å². The molecule has 0 saturated carbocycles. The number of alkyl halides is 3. The van der Waals surface area contributed by atoms with Crippen LogP contribution in [0.4, 0.5) is 13.2 Å². The summed E-state index contributed by atoms with van der Waals surface area (Å²) in [5.74, 6) is 0. The van der Waals surface area contributed by atoms with E-state index in [0.29, 0.717) is 6.54 Å². The number of hydrogen-bond acceptors (Lipinski definition) is 2. The molecule has 5 heteroatoms. The third-order valence-corrected chi connectivity index (χ3v) is 1.49. The molecule has 68 valence electrons. The van der Waals surface area contributed by atoms with Crippen LogP contribution in [-0.4, -0.2) is 30.0 Å². The average Bonchev–Trinajstić information content (AvgIpc) is 2.32. The van der Waals surface area contributed by atoms with Crippen LogP contribution in [0.25, 0.3) is 0 Å². The molecule has 2 nitrogen and oxygen atoms in total. The maximum Gasteiger partial charge on any atom is 0.391 e. The smallest absolute Gasteiger partial charge is 0.347 e. The Morgan fingerprint density at radius 1 is 1.58 bits per heavy atom. The van der Waals surface area contributed by atoms with Gasteiger partial charge in [-0.25, -0.2) is 0 Å². The number of rotatable bonds is 2. The number of hydrogen-bond donors (Lipinski definition) is 0. The zero-order valence-corrected chi connectivity index (χ0v) is 6.60. The van der Waals surface area contributed by atoms with E-state index in [4.69, 9.17) is 0 Å². The summed E-state index contributed by atoms with van der Waals surface area (Å²) in [7, 11) is 0. The van der Waals surface area contributed by atoms with Gasteiger partial charge in [-0.2, -0.15) is 13.2 Å². The van der Waals surface area contributed by atoms with Gasteiger partial charge in [0.1, 0.15) is 0 Å². The number of halogens is 3. The molecule has 0 spiro atoms. The van der Waals surface area contributed by atoms with Gasteiger partial charge < -0.3 is 4.90 Å². The molecular weight excluding hydrogens is 169 g/mol. The van der Waals surface area contributed by atoms with Gasteiger partial charge in [-0.15, -0.1) is 0 Å². The van der Waals surface area contributed by atoms with Crippen molar-refractivity contribution < 1.29 is 13.2 Å². The van der Waals surface area contributed by atoms with Crippen LogP contribution < -0.4 is 0 Å². The molecule has 2 radical (unpaired) electrons. The van der Waals surface area contributed by atoms with Gasteiger partial charge in [0.15, 0.2) is 6.34 Å². The van der Waals surface area contributed by atoms with Crippen LogP contribution in [-0.2, 0) is 0 Å². The highest BCUT2D eigenvalue weighted by molar-refractivity contribution is 5.59. The van der Waals surface area contributed by atoms with Gasteiger partial charge in [0.25, 0.3) is 0 Å². The zero-order chi connectivity index (χ0) is 9.19. The molecule has 0 aliphatic carbocycles. The quantitative estimate of drug-likeness (QED) is 0.628. The summed E-state index contributed by atoms with van der Waals surface area (Å²) in [6, 6.07) is -0.773. The van der Waals surface area contributed by atoms with Crippen LogP contribution >= 0.6 is 0 Å². The van der Waals surface area contributed by atoms with Gasteiger partial charge in [0.2, 0.25) is 0 Å². The molecule has 0 aromatic carbocycles. The first-order valence-electron chi connectivity index (χ1n) is 3.65. The predicted octanol–water partition coefficient (Wildman–Crippen LogP) is 1.71. The minimum atomic E-state index is -4.14. The minimum Gasteiger partial charge on any atom is -0.347 e. The van der Waals surface area contributed by atoms with Crippen molar-refractivity contribution >= 4 is 6.34 Å². The lowest BCUT2D eigenvalue weighted by Crippen LogP contribution is -2.21. The molecule has 0 saturated heterocycles. The lowest BCUT2D eigenvalue weighted by Gasteiger charge is -2.13. The fraction of sp³-hybridized carbons (Fsp3) is 0.714. The van der Waals surface area contributed by atoms with Gasteiger partial charge in [-0.1, -0.05) is 0 Å². The van der Waals surface area contributed by atoms with Crippen molar-refractivity contribution in [2.45, 2.75) is 25.6 Å². The standard InChI is InChI=1S/C7H9F3N2/c1-2-12-4-6(11-5-12)3-7(8,9)10/h4,6H,2-3H2,1H3. The second-order valence-electron chi connectivity index (χ2n) is 2.55. The molecule has 0 aromatic rings. The summed E-state index contributed by atoms with van der Waals surface area (Å²) in [6.07, 6.45) is -2.55. The molecular formula is C7H9F3N2. The van der Waals surface area contributed by atoms with E-state index in [0.717, 1.165) is 0 Å². The van der Waals surface area contributed by atoms with E-state index < -0.39 is 18.6 Å². The largest absolute Gasteiger partial charge is 0.391 e. The Labute approximate surface area is 69.1 Å². The molecule has 1 unspecified atom stereocenters. The number of nitrogens with zero attached hydrogens (tertiary/aromatic N) is 2. The van der Waals surface area contributed by atoms with Crippen molar-refractivity contribution in [3.8, 4) is 0 Å². The summed E-state index contributed by atoms with van der Waals surface area (Å²) < 4.78 is 35.4. The molecule has 0 bridgehead atoms. The molecule has 0 fully saturated rings. The van der Waals surface area contributed by atoms with Crippen molar-refractivity contribution in [2.24, 2.45) is 4.99 Å². The zero-order valence-electron chi connectivity index (χ0n) is 6.60. The van der Waals surface area contributed by atoms with Crippen LogP contribution in [0.2, 0.25) is 0 Å². The summed E-state index contributed by atoms with van der Waals surface area (Å²) in [5.41, 5.74) is 0. The highest BCUT2D eigenvalue weighted by atomic mass is 19.4. The van der Waals surface area contributed by atoms with E-state index in [-0.39, 0.29) is 0 Å². The first kappa shape index (κ1) is 9.35. The Kier molecular flexibility index (Phi) is 2.59. The first-order chi connectivity index (χ1) is 5.51. The third-order valence-electron chi connectivity index (χ3n) is 1.49. The van der Waals surface area contributed by atoms with Crippen LogP contribution in [0.15, 0.2) is 4.99 Å². The molecule has 0 N–H and O–H groups in total. The van der Waals surface area contributed by atoms with E-state index in [1.165, 1.54) is 11.4 Å². The topological polar surface area (TPSA) is 15.6 Å². The van der Waals surface area contributed by atoms with Crippen molar-refractivity contribution in [3.05, 3.63) is 6.54 Å².